The van der Waals surface area contributed by atoms with Gasteiger partial charge in [0.2, 0.25) is 0 Å². The van der Waals surface area contributed by atoms with Gasteiger partial charge in [-0.2, -0.15) is 0 Å². The van der Waals surface area contributed by atoms with Crippen molar-refractivity contribution in [3.8, 4) is 23.0 Å². The van der Waals surface area contributed by atoms with Gasteiger partial charge in [-0.3, -0.25) is 4.90 Å². The second kappa shape index (κ2) is 7.16. The number of hydrogen-bond donors (Lipinski definition) is 3. The molecule has 4 heteroatoms. The minimum Gasteiger partial charge on any atom is -0.395 e. The average molecular weight is 323 g/mol. The van der Waals surface area contributed by atoms with Gasteiger partial charge in [0.1, 0.15) is 0 Å². The van der Waals surface area contributed by atoms with Crippen LogP contribution in [0.2, 0.25) is 0 Å². The number of fused-ring (bicyclic) bond motifs is 3. The van der Waals surface area contributed by atoms with E-state index in [2.05, 4.69) is 11.8 Å². The fraction of sp³-hybridized carbons (Fsp3) is 0.300. The van der Waals surface area contributed by atoms with Crippen molar-refractivity contribution in [2.45, 2.75) is 5.60 Å². The molecule has 0 bridgehead atoms. The molecule has 0 aromatic heterocycles. The van der Waals surface area contributed by atoms with E-state index in [0.717, 1.165) is 22.3 Å². The van der Waals surface area contributed by atoms with E-state index in [1.165, 1.54) is 0 Å². The Morgan fingerprint density at radius 3 is 1.83 bits per heavy atom. The second-order valence-electron chi connectivity index (χ2n) is 5.83. The fourth-order valence-electron chi connectivity index (χ4n) is 3.18. The third kappa shape index (κ3) is 2.95. The second-order valence-corrected chi connectivity index (χ2v) is 5.83. The summed E-state index contributed by atoms with van der Waals surface area (Å²) in [5.41, 5.74) is 2.29. The predicted molar refractivity (Wildman–Crippen MR) is 93.3 cm³/mol. The van der Waals surface area contributed by atoms with Crippen LogP contribution in [0.25, 0.3) is 11.1 Å². The number of aliphatic hydroxyl groups is 3. The van der Waals surface area contributed by atoms with Crippen molar-refractivity contribution in [3.63, 3.8) is 0 Å². The van der Waals surface area contributed by atoms with Gasteiger partial charge >= 0.3 is 0 Å². The van der Waals surface area contributed by atoms with Crippen molar-refractivity contribution >= 4 is 0 Å². The zero-order chi connectivity index (χ0) is 17.0. The van der Waals surface area contributed by atoms with Crippen LogP contribution in [0.4, 0.5) is 0 Å². The number of aliphatic hydroxyl groups excluding tert-OH is 2. The highest BCUT2D eigenvalue weighted by atomic mass is 16.3. The van der Waals surface area contributed by atoms with E-state index in [4.69, 9.17) is 10.2 Å². The molecule has 2 aromatic rings. The van der Waals surface area contributed by atoms with E-state index in [1.54, 1.807) is 0 Å². The fourth-order valence-corrected chi connectivity index (χ4v) is 3.18. The van der Waals surface area contributed by atoms with Crippen molar-refractivity contribution in [2.24, 2.45) is 0 Å². The van der Waals surface area contributed by atoms with Crippen LogP contribution < -0.4 is 0 Å². The Kier molecular flexibility index (Phi) is 4.98. The molecule has 0 amide bonds. The molecule has 0 spiro atoms. The van der Waals surface area contributed by atoms with Crippen LogP contribution in [0, 0.1) is 11.8 Å². The maximum Gasteiger partial charge on any atom is 0.178 e. The Labute approximate surface area is 142 Å². The molecule has 3 rings (SSSR count). The Morgan fingerprint density at radius 2 is 1.33 bits per heavy atom. The third-order valence-corrected chi connectivity index (χ3v) is 4.33. The van der Waals surface area contributed by atoms with Gasteiger partial charge in [-0.05, 0) is 11.1 Å². The summed E-state index contributed by atoms with van der Waals surface area (Å²) in [5, 5.41) is 29.4. The lowest BCUT2D eigenvalue weighted by atomic mass is 9.92. The summed E-state index contributed by atoms with van der Waals surface area (Å²) in [7, 11) is 0. The van der Waals surface area contributed by atoms with Crippen LogP contribution >= 0.6 is 0 Å². The molecule has 0 unspecified atom stereocenters. The van der Waals surface area contributed by atoms with E-state index in [-0.39, 0.29) is 13.2 Å². The van der Waals surface area contributed by atoms with Crippen molar-refractivity contribution in [3.05, 3.63) is 59.7 Å². The first kappa shape index (κ1) is 16.7. The molecule has 0 saturated carbocycles. The van der Waals surface area contributed by atoms with Crippen LogP contribution in [-0.4, -0.2) is 53.1 Å². The van der Waals surface area contributed by atoms with Crippen LogP contribution in [0.15, 0.2) is 48.5 Å². The number of rotatable bonds is 5. The summed E-state index contributed by atoms with van der Waals surface area (Å²) in [4.78, 5) is 1.85. The van der Waals surface area contributed by atoms with Crippen molar-refractivity contribution in [2.75, 3.05) is 32.8 Å². The smallest absolute Gasteiger partial charge is 0.178 e. The zero-order valence-electron chi connectivity index (χ0n) is 13.4. The molecule has 0 fully saturated rings. The number of nitrogens with zero attached hydrogens (tertiary/aromatic N) is 1. The Balaban J connectivity index is 1.94. The molecule has 1 aliphatic rings. The quantitative estimate of drug-likeness (QED) is 0.724. The van der Waals surface area contributed by atoms with Gasteiger partial charge in [0.05, 0.1) is 19.8 Å². The first-order valence-electron chi connectivity index (χ1n) is 8.06. The predicted octanol–water partition coefficient (Wildman–Crippen LogP) is 1.19. The minimum atomic E-state index is -1.32. The standard InChI is InChI=1S/C20H21NO3/c22-14-12-21(13-15-23)11-5-10-20(24)18-8-3-1-6-16(18)17-7-2-4-9-19(17)20/h1-4,6-9,22-24H,11-15H2. The molecule has 24 heavy (non-hydrogen) atoms. The van der Waals surface area contributed by atoms with Gasteiger partial charge in [0.25, 0.3) is 0 Å². The lowest BCUT2D eigenvalue weighted by molar-refractivity contribution is 0.149. The van der Waals surface area contributed by atoms with Gasteiger partial charge in [-0.1, -0.05) is 60.4 Å². The normalized spacial score (nSPS) is 14.0. The first-order chi connectivity index (χ1) is 11.7. The van der Waals surface area contributed by atoms with E-state index < -0.39 is 5.60 Å². The van der Waals surface area contributed by atoms with Crippen LogP contribution in [-0.2, 0) is 5.60 Å². The van der Waals surface area contributed by atoms with Gasteiger partial charge in [-0.15, -0.1) is 0 Å². The van der Waals surface area contributed by atoms with Crippen molar-refractivity contribution in [1.82, 2.24) is 4.90 Å². The maximum atomic E-state index is 11.3. The summed E-state index contributed by atoms with van der Waals surface area (Å²) < 4.78 is 0. The molecular weight excluding hydrogens is 302 g/mol. The number of benzene rings is 2. The van der Waals surface area contributed by atoms with E-state index in [0.29, 0.717) is 19.6 Å². The topological polar surface area (TPSA) is 63.9 Å². The molecule has 4 nitrogen and oxygen atoms in total. The lowest BCUT2D eigenvalue weighted by Gasteiger charge is -2.20. The maximum absolute atomic E-state index is 11.3. The largest absolute Gasteiger partial charge is 0.395 e. The minimum absolute atomic E-state index is 0.0115. The summed E-state index contributed by atoms with van der Waals surface area (Å²) in [5.74, 6) is 6.04. The molecule has 0 saturated heterocycles. The van der Waals surface area contributed by atoms with Gasteiger partial charge in [-0.25, -0.2) is 0 Å². The Hall–Kier alpha value is -2.16. The molecule has 1 aliphatic carbocycles. The first-order valence-corrected chi connectivity index (χ1v) is 8.06. The van der Waals surface area contributed by atoms with Crippen LogP contribution in [0.5, 0.6) is 0 Å². The monoisotopic (exact) mass is 323 g/mol. The summed E-state index contributed by atoms with van der Waals surface area (Å²) in [6.45, 7) is 1.30. The van der Waals surface area contributed by atoms with Crippen LogP contribution in [0.1, 0.15) is 11.1 Å². The van der Waals surface area contributed by atoms with Gasteiger partial charge in [0, 0.05) is 24.2 Å². The zero-order valence-corrected chi connectivity index (χ0v) is 13.4. The molecular formula is C20H21NO3. The highest BCUT2D eigenvalue weighted by molar-refractivity contribution is 5.81. The molecule has 0 heterocycles. The van der Waals surface area contributed by atoms with Crippen molar-refractivity contribution < 1.29 is 15.3 Å². The highest BCUT2D eigenvalue weighted by Gasteiger charge is 2.39. The Morgan fingerprint density at radius 1 is 0.833 bits per heavy atom. The van der Waals surface area contributed by atoms with E-state index in [9.17, 15) is 5.11 Å². The molecule has 3 N–H and O–H groups in total. The molecule has 0 radical (unpaired) electrons. The van der Waals surface area contributed by atoms with Gasteiger partial charge in [0.15, 0.2) is 5.60 Å². The molecule has 124 valence electrons. The highest BCUT2D eigenvalue weighted by Crippen LogP contribution is 2.46. The van der Waals surface area contributed by atoms with Crippen LogP contribution in [0.3, 0.4) is 0 Å². The van der Waals surface area contributed by atoms with Crippen molar-refractivity contribution in [1.29, 1.82) is 0 Å². The lowest BCUT2D eigenvalue weighted by Crippen LogP contribution is -2.30. The summed E-state index contributed by atoms with van der Waals surface area (Å²) in [6, 6.07) is 15.5. The molecule has 2 aromatic carbocycles. The van der Waals surface area contributed by atoms with Gasteiger partial charge < -0.3 is 15.3 Å². The SMILES string of the molecule is OCCN(CC#CC1(O)c2ccccc2-c2ccccc21)CCO. The number of hydrogen-bond acceptors (Lipinski definition) is 4. The Bertz CT molecular complexity index is 724. The van der Waals surface area contributed by atoms with E-state index in [1.807, 2.05) is 53.4 Å². The third-order valence-electron chi connectivity index (χ3n) is 4.33. The average Bonchev–Trinajstić information content (AvgIpc) is 2.86. The summed E-state index contributed by atoms with van der Waals surface area (Å²) >= 11 is 0. The summed E-state index contributed by atoms with van der Waals surface area (Å²) in [6.07, 6.45) is 0. The van der Waals surface area contributed by atoms with E-state index >= 15 is 0 Å². The molecule has 0 atom stereocenters. The molecule has 0 aliphatic heterocycles.